The standard InChI is InChI=1S/C14H17N3O/c1-2-10-3-4-11-8-15-17(13(11)7-10)9-12-5-6-14(18)16-12/h3-4,7-8,12H,2,5-6,9H2,1H3,(H,16,18). The Labute approximate surface area is 106 Å². The fourth-order valence-corrected chi connectivity index (χ4v) is 2.50. The van der Waals surface area contributed by atoms with Crippen molar-refractivity contribution in [2.45, 2.75) is 38.8 Å². The van der Waals surface area contributed by atoms with Crippen LogP contribution in [0.3, 0.4) is 0 Å². The van der Waals surface area contributed by atoms with Gasteiger partial charge in [0.1, 0.15) is 0 Å². The van der Waals surface area contributed by atoms with Gasteiger partial charge in [-0.3, -0.25) is 9.48 Å². The first-order valence-corrected chi connectivity index (χ1v) is 6.50. The summed E-state index contributed by atoms with van der Waals surface area (Å²) >= 11 is 0. The van der Waals surface area contributed by atoms with Crippen molar-refractivity contribution in [3.63, 3.8) is 0 Å². The van der Waals surface area contributed by atoms with Crippen LogP contribution in [0.4, 0.5) is 0 Å². The fraction of sp³-hybridized carbons (Fsp3) is 0.429. The third-order valence-corrected chi connectivity index (χ3v) is 3.60. The number of hydrogen-bond acceptors (Lipinski definition) is 2. The number of aryl methyl sites for hydroxylation is 1. The summed E-state index contributed by atoms with van der Waals surface area (Å²) in [5.41, 5.74) is 2.48. The van der Waals surface area contributed by atoms with Crippen LogP contribution in [0.25, 0.3) is 10.9 Å². The molecule has 1 amide bonds. The Bertz CT molecular complexity index is 588. The third kappa shape index (κ3) is 1.98. The number of nitrogens with one attached hydrogen (secondary N) is 1. The summed E-state index contributed by atoms with van der Waals surface area (Å²) in [6.07, 6.45) is 4.48. The van der Waals surface area contributed by atoms with E-state index in [-0.39, 0.29) is 11.9 Å². The molecule has 2 aromatic rings. The van der Waals surface area contributed by atoms with Crippen LogP contribution in [-0.4, -0.2) is 21.7 Å². The molecule has 1 fully saturated rings. The zero-order valence-electron chi connectivity index (χ0n) is 10.5. The van der Waals surface area contributed by atoms with Crippen molar-refractivity contribution < 1.29 is 4.79 Å². The summed E-state index contributed by atoms with van der Waals surface area (Å²) in [4.78, 5) is 11.2. The molecular weight excluding hydrogens is 226 g/mol. The van der Waals surface area contributed by atoms with Gasteiger partial charge in [0.05, 0.1) is 18.3 Å². The lowest BCUT2D eigenvalue weighted by Gasteiger charge is -2.11. The average molecular weight is 243 g/mol. The number of rotatable bonds is 3. The molecule has 0 bridgehead atoms. The van der Waals surface area contributed by atoms with Gasteiger partial charge in [-0.05, 0) is 24.5 Å². The van der Waals surface area contributed by atoms with Crippen LogP contribution in [0.2, 0.25) is 0 Å². The van der Waals surface area contributed by atoms with Gasteiger partial charge in [0.15, 0.2) is 0 Å². The number of amides is 1. The smallest absolute Gasteiger partial charge is 0.220 e. The second kappa shape index (κ2) is 4.44. The summed E-state index contributed by atoms with van der Waals surface area (Å²) in [7, 11) is 0. The average Bonchev–Trinajstić information content (AvgIpc) is 2.96. The molecule has 3 rings (SSSR count). The van der Waals surface area contributed by atoms with Gasteiger partial charge in [-0.1, -0.05) is 19.1 Å². The maximum absolute atomic E-state index is 11.2. The van der Waals surface area contributed by atoms with E-state index < -0.39 is 0 Å². The number of fused-ring (bicyclic) bond motifs is 1. The maximum atomic E-state index is 11.2. The predicted octanol–water partition coefficient (Wildman–Crippen LogP) is 1.88. The van der Waals surface area contributed by atoms with Crippen molar-refractivity contribution >= 4 is 16.8 Å². The molecule has 1 aliphatic heterocycles. The van der Waals surface area contributed by atoms with E-state index in [4.69, 9.17) is 0 Å². The normalized spacial score (nSPS) is 19.4. The molecule has 4 heteroatoms. The van der Waals surface area contributed by atoms with E-state index in [1.807, 2.05) is 10.9 Å². The van der Waals surface area contributed by atoms with Gasteiger partial charge >= 0.3 is 0 Å². The molecule has 94 valence electrons. The van der Waals surface area contributed by atoms with E-state index in [1.54, 1.807) is 0 Å². The SMILES string of the molecule is CCc1ccc2cnn(CC3CCC(=O)N3)c2c1. The van der Waals surface area contributed by atoms with E-state index in [0.717, 1.165) is 30.3 Å². The van der Waals surface area contributed by atoms with Crippen LogP contribution in [0.1, 0.15) is 25.3 Å². The monoisotopic (exact) mass is 243 g/mol. The summed E-state index contributed by atoms with van der Waals surface area (Å²) in [6.45, 7) is 2.92. The highest BCUT2D eigenvalue weighted by molar-refractivity contribution is 5.80. The third-order valence-electron chi connectivity index (χ3n) is 3.60. The van der Waals surface area contributed by atoms with Crippen molar-refractivity contribution in [2.75, 3.05) is 0 Å². The molecule has 1 saturated heterocycles. The van der Waals surface area contributed by atoms with Gasteiger partial charge in [-0.25, -0.2) is 0 Å². The minimum absolute atomic E-state index is 0.158. The zero-order chi connectivity index (χ0) is 12.5. The van der Waals surface area contributed by atoms with Crippen molar-refractivity contribution in [2.24, 2.45) is 0 Å². The van der Waals surface area contributed by atoms with Crippen molar-refractivity contribution in [1.82, 2.24) is 15.1 Å². The summed E-state index contributed by atoms with van der Waals surface area (Å²) in [6, 6.07) is 6.68. The molecule has 0 saturated carbocycles. The van der Waals surface area contributed by atoms with Gasteiger partial charge < -0.3 is 5.32 Å². The molecule has 1 aromatic heterocycles. The number of carbonyl (C=O) groups is 1. The number of aromatic nitrogens is 2. The van der Waals surface area contributed by atoms with E-state index >= 15 is 0 Å². The van der Waals surface area contributed by atoms with Crippen LogP contribution < -0.4 is 5.32 Å². The summed E-state index contributed by atoms with van der Waals surface area (Å²) < 4.78 is 2.00. The summed E-state index contributed by atoms with van der Waals surface area (Å²) in [5, 5.41) is 8.57. The molecule has 2 heterocycles. The highest BCUT2D eigenvalue weighted by Gasteiger charge is 2.21. The number of hydrogen-bond donors (Lipinski definition) is 1. The van der Waals surface area contributed by atoms with Gasteiger partial charge in [0.25, 0.3) is 0 Å². The second-order valence-electron chi connectivity index (χ2n) is 4.88. The van der Waals surface area contributed by atoms with Gasteiger partial charge in [0, 0.05) is 17.8 Å². The minimum Gasteiger partial charge on any atom is -0.351 e. The Morgan fingerprint density at radius 3 is 3.11 bits per heavy atom. The maximum Gasteiger partial charge on any atom is 0.220 e. The summed E-state index contributed by atoms with van der Waals surface area (Å²) in [5.74, 6) is 0.158. The van der Waals surface area contributed by atoms with E-state index in [0.29, 0.717) is 6.42 Å². The Kier molecular flexibility index (Phi) is 2.78. The van der Waals surface area contributed by atoms with Gasteiger partial charge in [-0.2, -0.15) is 5.10 Å². The van der Waals surface area contributed by atoms with Gasteiger partial charge in [-0.15, -0.1) is 0 Å². The highest BCUT2D eigenvalue weighted by atomic mass is 16.1. The Hall–Kier alpha value is -1.84. The van der Waals surface area contributed by atoms with Crippen molar-refractivity contribution in [1.29, 1.82) is 0 Å². The first kappa shape index (κ1) is 11.3. The molecule has 0 aliphatic carbocycles. The lowest BCUT2D eigenvalue weighted by molar-refractivity contribution is -0.119. The number of carbonyl (C=O) groups excluding carboxylic acids is 1. The lowest BCUT2D eigenvalue weighted by Crippen LogP contribution is -2.29. The predicted molar refractivity (Wildman–Crippen MR) is 70.3 cm³/mol. The molecule has 1 atom stereocenters. The van der Waals surface area contributed by atoms with E-state index in [9.17, 15) is 4.79 Å². The van der Waals surface area contributed by atoms with Crippen LogP contribution in [0.15, 0.2) is 24.4 Å². The van der Waals surface area contributed by atoms with Crippen LogP contribution in [0.5, 0.6) is 0 Å². The lowest BCUT2D eigenvalue weighted by atomic mass is 10.1. The molecule has 1 aliphatic rings. The minimum atomic E-state index is 0.158. The van der Waals surface area contributed by atoms with Gasteiger partial charge in [0.2, 0.25) is 5.91 Å². The first-order chi connectivity index (χ1) is 8.76. The topological polar surface area (TPSA) is 46.9 Å². The quantitative estimate of drug-likeness (QED) is 0.894. The van der Waals surface area contributed by atoms with Crippen LogP contribution >= 0.6 is 0 Å². The molecule has 1 aromatic carbocycles. The van der Waals surface area contributed by atoms with E-state index in [2.05, 4.69) is 35.5 Å². The molecule has 1 N–H and O–H groups in total. The Morgan fingerprint density at radius 2 is 2.39 bits per heavy atom. The largest absolute Gasteiger partial charge is 0.351 e. The molecule has 1 unspecified atom stereocenters. The molecule has 0 spiro atoms. The van der Waals surface area contributed by atoms with E-state index in [1.165, 1.54) is 5.56 Å². The van der Waals surface area contributed by atoms with Crippen LogP contribution in [-0.2, 0) is 17.8 Å². The Morgan fingerprint density at radius 1 is 1.50 bits per heavy atom. The molecule has 4 nitrogen and oxygen atoms in total. The molecule has 0 radical (unpaired) electrons. The first-order valence-electron chi connectivity index (χ1n) is 6.50. The fourth-order valence-electron chi connectivity index (χ4n) is 2.50. The number of nitrogens with zero attached hydrogens (tertiary/aromatic N) is 2. The van der Waals surface area contributed by atoms with Crippen LogP contribution in [0, 0.1) is 0 Å². The van der Waals surface area contributed by atoms with Crippen molar-refractivity contribution in [3.05, 3.63) is 30.0 Å². The molecule has 18 heavy (non-hydrogen) atoms. The second-order valence-corrected chi connectivity index (χ2v) is 4.88. The zero-order valence-corrected chi connectivity index (χ0v) is 10.5. The number of benzene rings is 1. The molecular formula is C14H17N3O. The highest BCUT2D eigenvalue weighted by Crippen LogP contribution is 2.18. The van der Waals surface area contributed by atoms with Crippen molar-refractivity contribution in [3.8, 4) is 0 Å². The Balaban J connectivity index is 1.89.